The molecule has 1 saturated heterocycles. The lowest BCUT2D eigenvalue weighted by Gasteiger charge is -2.25. The van der Waals surface area contributed by atoms with Crippen LogP contribution in [0.15, 0.2) is 18.2 Å². The molecule has 8 heteroatoms. The first-order valence-corrected chi connectivity index (χ1v) is 7.96. The summed E-state index contributed by atoms with van der Waals surface area (Å²) in [6.07, 6.45) is 1.40. The molecule has 2 rings (SSSR count). The zero-order chi connectivity index (χ0) is 17.4. The van der Waals surface area contributed by atoms with Crippen LogP contribution in [0.2, 0.25) is 0 Å². The minimum absolute atomic E-state index is 0.0309. The first-order valence-electron chi connectivity index (χ1n) is 7.96. The number of anilines is 1. The van der Waals surface area contributed by atoms with Gasteiger partial charge in [0.15, 0.2) is 11.6 Å². The van der Waals surface area contributed by atoms with Crippen molar-refractivity contribution in [2.75, 3.05) is 31.1 Å². The Morgan fingerprint density at radius 2 is 2.21 bits per heavy atom. The second kappa shape index (κ2) is 9.07. The Kier molecular flexibility index (Phi) is 6.80. The zero-order valence-corrected chi connectivity index (χ0v) is 13.3. The molecular weight excluding hydrogens is 317 g/mol. The number of carbonyl (C=O) groups excluding carboxylic acids is 1. The van der Waals surface area contributed by atoms with Gasteiger partial charge in [-0.2, -0.15) is 0 Å². The minimum atomic E-state index is -1.17. The molecule has 24 heavy (non-hydrogen) atoms. The molecule has 132 valence electrons. The van der Waals surface area contributed by atoms with E-state index in [1.807, 2.05) is 0 Å². The van der Waals surface area contributed by atoms with Gasteiger partial charge in [-0.3, -0.25) is 9.69 Å². The molecule has 0 atom stereocenters. The third-order valence-electron chi connectivity index (χ3n) is 3.82. The quantitative estimate of drug-likeness (QED) is 0.494. The van der Waals surface area contributed by atoms with Gasteiger partial charge in [0, 0.05) is 19.2 Å². The van der Waals surface area contributed by atoms with E-state index in [9.17, 15) is 19.1 Å². The molecule has 2 amide bonds. The molecule has 0 unspecified atom stereocenters. The molecule has 1 aliphatic rings. The molecule has 7 nitrogen and oxygen atoms in total. The number of hydrogen-bond donors (Lipinski definition) is 3. The summed E-state index contributed by atoms with van der Waals surface area (Å²) in [5.74, 6) is -0.443. The van der Waals surface area contributed by atoms with Gasteiger partial charge in [-0.15, -0.1) is 0 Å². The van der Waals surface area contributed by atoms with E-state index < -0.39 is 11.9 Å². The van der Waals surface area contributed by atoms with Crippen LogP contribution in [0, 0.1) is 5.82 Å². The zero-order valence-electron chi connectivity index (χ0n) is 13.3. The highest BCUT2D eigenvalue weighted by Gasteiger charge is 2.19. The number of hydrogen-bond acceptors (Lipinski definition) is 4. The smallest absolute Gasteiger partial charge is 0.411 e. The molecule has 0 aliphatic carbocycles. The largest absolute Gasteiger partial charge is 0.487 e. The van der Waals surface area contributed by atoms with Crippen LogP contribution in [0.3, 0.4) is 0 Å². The van der Waals surface area contributed by atoms with Gasteiger partial charge in [0.1, 0.15) is 6.10 Å². The number of nitrogens with zero attached hydrogens (tertiary/aromatic N) is 1. The predicted molar refractivity (Wildman–Crippen MR) is 87.0 cm³/mol. The van der Waals surface area contributed by atoms with E-state index in [-0.39, 0.29) is 24.1 Å². The summed E-state index contributed by atoms with van der Waals surface area (Å²) < 4.78 is 19.9. The fourth-order valence-corrected chi connectivity index (χ4v) is 2.58. The lowest BCUT2D eigenvalue weighted by Crippen LogP contribution is -2.34. The van der Waals surface area contributed by atoms with Crippen LogP contribution in [0.5, 0.6) is 5.75 Å². The number of nitrogens with one attached hydrogen (secondary N) is 2. The molecule has 1 aromatic rings. The van der Waals surface area contributed by atoms with Crippen molar-refractivity contribution in [3.05, 3.63) is 24.0 Å². The van der Waals surface area contributed by atoms with Gasteiger partial charge in [-0.25, -0.2) is 9.18 Å². The maximum Gasteiger partial charge on any atom is 0.411 e. The van der Waals surface area contributed by atoms with Crippen LogP contribution in [0.1, 0.15) is 19.3 Å². The van der Waals surface area contributed by atoms with Crippen LogP contribution in [-0.4, -0.2) is 49.9 Å². The van der Waals surface area contributed by atoms with Gasteiger partial charge in [-0.1, -0.05) is 0 Å². The fourth-order valence-electron chi connectivity index (χ4n) is 2.58. The average Bonchev–Trinajstić information content (AvgIpc) is 2.57. The molecule has 3 N–H and O–H groups in total. The Morgan fingerprint density at radius 3 is 2.83 bits per heavy atom. The summed E-state index contributed by atoms with van der Waals surface area (Å²) in [6, 6.07) is 4.16. The second-order valence-corrected chi connectivity index (χ2v) is 5.54. The number of benzene rings is 1. The van der Waals surface area contributed by atoms with E-state index in [4.69, 9.17) is 4.74 Å². The number of carbonyl (C=O) groups is 2. The molecule has 1 heterocycles. The van der Waals surface area contributed by atoms with E-state index in [2.05, 4.69) is 10.6 Å². The van der Waals surface area contributed by atoms with E-state index in [0.29, 0.717) is 19.4 Å². The second-order valence-electron chi connectivity index (χ2n) is 5.54. The molecule has 0 radical (unpaired) electrons. The monoisotopic (exact) mass is 339 g/mol. The molecule has 1 aliphatic heterocycles. The van der Waals surface area contributed by atoms with Gasteiger partial charge in [0.25, 0.3) is 0 Å². The van der Waals surface area contributed by atoms with Gasteiger partial charge >= 0.3 is 6.09 Å². The van der Waals surface area contributed by atoms with Crippen molar-refractivity contribution in [2.45, 2.75) is 25.4 Å². The summed E-state index contributed by atoms with van der Waals surface area (Å²) >= 11 is 0. The first-order chi connectivity index (χ1) is 11.6. The number of carboxylic acid groups (broad SMARTS) is 1. The third-order valence-corrected chi connectivity index (χ3v) is 3.82. The summed E-state index contributed by atoms with van der Waals surface area (Å²) in [5.41, 5.74) is 0.240. The van der Waals surface area contributed by atoms with Gasteiger partial charge < -0.3 is 20.5 Å². The molecule has 0 aromatic heterocycles. The Balaban J connectivity index is 2.01. The van der Waals surface area contributed by atoms with Crippen LogP contribution in [-0.2, 0) is 4.79 Å². The Labute approximate surface area is 139 Å². The van der Waals surface area contributed by atoms with Crippen molar-refractivity contribution >= 4 is 18.2 Å². The highest BCUT2D eigenvalue weighted by Crippen LogP contribution is 2.26. The Morgan fingerprint density at radius 1 is 1.46 bits per heavy atom. The highest BCUT2D eigenvalue weighted by atomic mass is 19.1. The first kappa shape index (κ1) is 18.0. The lowest BCUT2D eigenvalue weighted by atomic mass is 10.1. The number of rotatable bonds is 8. The van der Waals surface area contributed by atoms with Crippen LogP contribution >= 0.6 is 0 Å². The van der Waals surface area contributed by atoms with E-state index in [1.54, 1.807) is 0 Å². The summed E-state index contributed by atoms with van der Waals surface area (Å²) in [5, 5.41) is 14.9. The molecule has 1 fully saturated rings. The van der Waals surface area contributed by atoms with Gasteiger partial charge in [0.2, 0.25) is 6.41 Å². The van der Waals surface area contributed by atoms with E-state index in [0.717, 1.165) is 36.9 Å². The Bertz CT molecular complexity index is 564. The summed E-state index contributed by atoms with van der Waals surface area (Å²) in [6.45, 7) is 2.19. The van der Waals surface area contributed by atoms with Crippen molar-refractivity contribution in [1.82, 2.24) is 10.6 Å². The number of halogens is 1. The van der Waals surface area contributed by atoms with Crippen molar-refractivity contribution < 1.29 is 23.8 Å². The maximum absolute atomic E-state index is 14.3. The van der Waals surface area contributed by atoms with Crippen molar-refractivity contribution in [3.63, 3.8) is 0 Å². The SMILES string of the molecule is O=CNCCCN(C(=O)O)c1ccc(OC2CCNCC2)c(F)c1. The van der Waals surface area contributed by atoms with E-state index in [1.165, 1.54) is 12.1 Å². The van der Waals surface area contributed by atoms with Crippen LogP contribution in [0.25, 0.3) is 0 Å². The maximum atomic E-state index is 14.3. The summed E-state index contributed by atoms with van der Waals surface area (Å²) in [4.78, 5) is 22.6. The minimum Gasteiger partial charge on any atom is -0.487 e. The van der Waals surface area contributed by atoms with Crippen LogP contribution in [0.4, 0.5) is 14.9 Å². The molecular formula is C16H22FN3O4. The van der Waals surface area contributed by atoms with Crippen LogP contribution < -0.4 is 20.3 Å². The average molecular weight is 339 g/mol. The third kappa shape index (κ3) is 5.09. The highest BCUT2D eigenvalue weighted by molar-refractivity contribution is 5.86. The van der Waals surface area contributed by atoms with Gasteiger partial charge in [-0.05, 0) is 44.5 Å². The van der Waals surface area contributed by atoms with Crippen molar-refractivity contribution in [2.24, 2.45) is 0 Å². The standard InChI is InChI=1S/C16H22FN3O4/c17-14-10-12(20(16(22)23)9-1-6-19-11-21)2-3-15(14)24-13-4-7-18-8-5-13/h2-3,10-11,13,18H,1,4-9H2,(H,19,21)(H,22,23). The van der Waals surface area contributed by atoms with Crippen molar-refractivity contribution in [3.8, 4) is 5.75 Å². The lowest BCUT2D eigenvalue weighted by molar-refractivity contribution is -0.109. The normalized spacial score (nSPS) is 14.9. The molecule has 0 bridgehead atoms. The summed E-state index contributed by atoms with van der Waals surface area (Å²) in [7, 11) is 0. The fraction of sp³-hybridized carbons (Fsp3) is 0.500. The molecule has 1 aromatic carbocycles. The van der Waals surface area contributed by atoms with Crippen molar-refractivity contribution in [1.29, 1.82) is 0 Å². The molecule has 0 spiro atoms. The topological polar surface area (TPSA) is 90.9 Å². The number of piperidine rings is 1. The predicted octanol–water partition coefficient (Wildman–Crippen LogP) is 1.58. The van der Waals surface area contributed by atoms with E-state index >= 15 is 0 Å². The van der Waals surface area contributed by atoms with Gasteiger partial charge in [0.05, 0.1) is 5.69 Å². The number of amides is 2. The number of ether oxygens (including phenoxy) is 1. The Hall–Kier alpha value is -2.35. The molecule has 0 saturated carbocycles.